The molecule has 0 aliphatic carbocycles. The van der Waals surface area contributed by atoms with Gasteiger partial charge in [0, 0.05) is 56.6 Å². The zero-order valence-corrected chi connectivity index (χ0v) is 29.1. The molecule has 0 bridgehead atoms. The molecule has 54 heavy (non-hydrogen) atoms. The minimum absolute atomic E-state index is 0.380. The summed E-state index contributed by atoms with van der Waals surface area (Å²) >= 11 is 0. The fourth-order valence-corrected chi connectivity index (χ4v) is 6.39. The lowest BCUT2D eigenvalue weighted by molar-refractivity contribution is 0.670. The molecule has 0 saturated heterocycles. The summed E-state index contributed by atoms with van der Waals surface area (Å²) in [5.41, 5.74) is 7.18. The maximum Gasteiger partial charge on any atom is 0.201 e. The third kappa shape index (κ3) is 5.99. The first-order valence-corrected chi connectivity index (χ1v) is 17.4. The van der Waals surface area contributed by atoms with Gasteiger partial charge in [-0.05, 0) is 13.0 Å². The van der Waals surface area contributed by atoms with E-state index in [-0.39, 0.29) is 0 Å². The van der Waals surface area contributed by atoms with E-state index in [0.29, 0.717) is 51.9 Å². The maximum atomic E-state index is 6.74. The average molecular weight is 699 g/mol. The van der Waals surface area contributed by atoms with Crippen LogP contribution in [0.1, 0.15) is 12.7 Å². The number of para-hydroxylation sites is 2. The molecule has 4 heterocycles. The molecule has 9 nitrogen and oxygen atoms in total. The molecule has 0 spiro atoms. The number of aromatic nitrogens is 8. The van der Waals surface area contributed by atoms with E-state index < -0.39 is 0 Å². The second kappa shape index (κ2) is 13.9. The van der Waals surface area contributed by atoms with E-state index in [9.17, 15) is 0 Å². The van der Waals surface area contributed by atoms with Crippen LogP contribution in [0.25, 0.3) is 95.8 Å². The molecule has 9 rings (SSSR count). The van der Waals surface area contributed by atoms with E-state index in [1.807, 2.05) is 134 Å². The number of fused-ring (bicyclic) bond motifs is 3. The Morgan fingerprint density at radius 3 is 1.46 bits per heavy atom. The predicted octanol–water partition coefficient (Wildman–Crippen LogP) is 10.3. The van der Waals surface area contributed by atoms with Gasteiger partial charge in [0.05, 0.1) is 5.56 Å². The van der Waals surface area contributed by atoms with Crippen molar-refractivity contribution in [1.82, 2.24) is 39.9 Å². The number of allylic oxidation sites excluding steroid dienone is 3. The Morgan fingerprint density at radius 1 is 0.463 bits per heavy atom. The smallest absolute Gasteiger partial charge is 0.201 e. The Hall–Kier alpha value is -7.52. The van der Waals surface area contributed by atoms with Crippen LogP contribution in [0.4, 0.5) is 0 Å². The molecule has 0 aliphatic rings. The molecular weight excluding hydrogens is 669 g/mol. The van der Waals surface area contributed by atoms with Crippen molar-refractivity contribution in [2.24, 2.45) is 0 Å². The predicted molar refractivity (Wildman–Crippen MR) is 213 cm³/mol. The highest BCUT2D eigenvalue weighted by atomic mass is 16.3. The van der Waals surface area contributed by atoms with Gasteiger partial charge in [0.1, 0.15) is 11.2 Å². The molecular formula is C45H30N8O. The van der Waals surface area contributed by atoms with Crippen LogP contribution in [-0.4, -0.2) is 39.9 Å². The van der Waals surface area contributed by atoms with Crippen LogP contribution in [0.3, 0.4) is 0 Å². The van der Waals surface area contributed by atoms with E-state index in [0.717, 1.165) is 49.7 Å². The van der Waals surface area contributed by atoms with Gasteiger partial charge in [-0.15, -0.1) is 0 Å². The Bertz CT molecular complexity index is 2780. The third-order valence-corrected chi connectivity index (χ3v) is 9.08. The Labute approximate surface area is 310 Å². The van der Waals surface area contributed by atoms with Crippen LogP contribution in [0.5, 0.6) is 0 Å². The number of furan rings is 1. The summed E-state index contributed by atoms with van der Waals surface area (Å²) in [5.74, 6) is 3.45. The summed E-state index contributed by atoms with van der Waals surface area (Å²) in [6, 6.07) is 41.6. The lowest BCUT2D eigenvalue weighted by Gasteiger charge is -2.09. The molecule has 9 aromatic rings. The van der Waals surface area contributed by atoms with Crippen LogP contribution in [0.2, 0.25) is 0 Å². The fraction of sp³-hybridized carbons (Fsp3) is 0.0222. The molecule has 0 amide bonds. The van der Waals surface area contributed by atoms with Crippen molar-refractivity contribution in [2.75, 3.05) is 0 Å². The summed E-state index contributed by atoms with van der Waals surface area (Å²) in [6.45, 7) is 5.92. The molecule has 256 valence electrons. The highest BCUT2D eigenvalue weighted by molar-refractivity contribution is 6.12. The lowest BCUT2D eigenvalue weighted by atomic mass is 10.0. The maximum absolute atomic E-state index is 6.74. The SMILES string of the molecule is C=CC(=CC)c1nc(-c2ccccc2)nc(-c2cccc3c2oc2c(-c4cnc(-c5nc(-c6ccccc6)nc(-c6ccccc6)n5)nc4)cccc23)n1. The second-order valence-corrected chi connectivity index (χ2v) is 12.4. The molecule has 5 aromatic carbocycles. The number of benzene rings is 5. The normalized spacial score (nSPS) is 11.6. The van der Waals surface area contributed by atoms with E-state index in [4.69, 9.17) is 44.3 Å². The lowest BCUT2D eigenvalue weighted by Crippen LogP contribution is -2.02. The zero-order chi connectivity index (χ0) is 36.4. The summed E-state index contributed by atoms with van der Waals surface area (Å²) in [5, 5.41) is 1.89. The molecule has 0 atom stereocenters. The molecule has 0 saturated carbocycles. The van der Waals surface area contributed by atoms with Crippen LogP contribution in [-0.2, 0) is 0 Å². The number of hydrogen-bond acceptors (Lipinski definition) is 9. The van der Waals surface area contributed by atoms with Crippen LogP contribution in [0, 0.1) is 0 Å². The van der Waals surface area contributed by atoms with Gasteiger partial charge in [-0.2, -0.15) is 0 Å². The number of nitrogens with zero attached hydrogens (tertiary/aromatic N) is 8. The van der Waals surface area contributed by atoms with E-state index >= 15 is 0 Å². The Kier molecular flexibility index (Phi) is 8.33. The van der Waals surface area contributed by atoms with Gasteiger partial charge in [-0.25, -0.2) is 39.9 Å². The molecule has 0 N–H and O–H groups in total. The first kappa shape index (κ1) is 32.4. The van der Waals surface area contributed by atoms with Crippen molar-refractivity contribution in [3.8, 4) is 68.3 Å². The van der Waals surface area contributed by atoms with Crippen molar-refractivity contribution in [1.29, 1.82) is 0 Å². The van der Waals surface area contributed by atoms with Crippen LogP contribution in [0.15, 0.2) is 163 Å². The fourth-order valence-electron chi connectivity index (χ4n) is 6.39. The summed E-state index contributed by atoms with van der Waals surface area (Å²) < 4.78 is 6.74. The minimum atomic E-state index is 0.380. The minimum Gasteiger partial charge on any atom is -0.455 e. The van der Waals surface area contributed by atoms with Gasteiger partial charge in [0.25, 0.3) is 0 Å². The third-order valence-electron chi connectivity index (χ3n) is 9.08. The quantitative estimate of drug-likeness (QED) is 0.143. The van der Waals surface area contributed by atoms with Gasteiger partial charge in [0.15, 0.2) is 34.9 Å². The molecule has 0 unspecified atom stereocenters. The standard InChI is InChI=1S/C45H30N8O/c1-3-28(4-2)39-48-40(29-16-8-5-9-17-29)51-43(50-39)36-25-15-24-35-34-23-14-22-33(37(34)54-38(35)36)32-26-46-44(47-27-32)45-52-41(30-18-10-6-11-19-30)49-42(53-45)31-20-12-7-13-21-31/h3-27H,1H2,2H3. The molecule has 9 heteroatoms. The molecule has 0 radical (unpaired) electrons. The highest BCUT2D eigenvalue weighted by Gasteiger charge is 2.20. The van der Waals surface area contributed by atoms with Gasteiger partial charge >= 0.3 is 0 Å². The largest absolute Gasteiger partial charge is 0.455 e. The first-order valence-electron chi connectivity index (χ1n) is 17.4. The van der Waals surface area contributed by atoms with Crippen molar-refractivity contribution in [2.45, 2.75) is 6.92 Å². The Balaban J connectivity index is 1.14. The zero-order valence-electron chi connectivity index (χ0n) is 29.1. The average Bonchev–Trinajstić information content (AvgIpc) is 3.64. The van der Waals surface area contributed by atoms with Crippen molar-refractivity contribution in [3.63, 3.8) is 0 Å². The topological polar surface area (TPSA) is 116 Å². The molecule has 0 fully saturated rings. The van der Waals surface area contributed by atoms with Crippen molar-refractivity contribution < 1.29 is 4.42 Å². The van der Waals surface area contributed by atoms with E-state index in [2.05, 4.69) is 12.6 Å². The monoisotopic (exact) mass is 698 g/mol. The van der Waals surface area contributed by atoms with Crippen molar-refractivity contribution >= 4 is 27.5 Å². The highest BCUT2D eigenvalue weighted by Crippen LogP contribution is 2.39. The summed E-state index contributed by atoms with van der Waals surface area (Å²) in [7, 11) is 0. The Morgan fingerprint density at radius 2 is 0.926 bits per heavy atom. The van der Waals surface area contributed by atoms with Gasteiger partial charge in [-0.3, -0.25) is 0 Å². The molecule has 0 aliphatic heterocycles. The summed E-state index contributed by atoms with van der Waals surface area (Å²) in [4.78, 5) is 38.5. The second-order valence-electron chi connectivity index (χ2n) is 12.4. The molecule has 4 aromatic heterocycles. The van der Waals surface area contributed by atoms with Gasteiger partial charge < -0.3 is 4.42 Å². The van der Waals surface area contributed by atoms with Crippen molar-refractivity contribution in [3.05, 3.63) is 164 Å². The van der Waals surface area contributed by atoms with Gasteiger partial charge in [-0.1, -0.05) is 140 Å². The number of rotatable bonds is 8. The summed E-state index contributed by atoms with van der Waals surface area (Å²) in [6.07, 6.45) is 7.24. The van der Waals surface area contributed by atoms with Gasteiger partial charge in [0.2, 0.25) is 5.82 Å². The number of hydrogen-bond donors (Lipinski definition) is 0. The van der Waals surface area contributed by atoms with E-state index in [1.54, 1.807) is 18.5 Å². The van der Waals surface area contributed by atoms with Crippen LogP contribution < -0.4 is 0 Å². The van der Waals surface area contributed by atoms with E-state index in [1.165, 1.54) is 0 Å². The van der Waals surface area contributed by atoms with Crippen LogP contribution >= 0.6 is 0 Å². The first-order chi connectivity index (χ1) is 26.7.